The quantitative estimate of drug-likeness (QED) is 0.747. The topological polar surface area (TPSA) is 21.3 Å². The Morgan fingerprint density at radius 2 is 1.86 bits per heavy atom. The maximum Gasteiger partial charge on any atom is 0.122 e. The molecule has 0 bridgehead atoms. The molecule has 0 fully saturated rings. The third kappa shape index (κ3) is 4.76. The highest BCUT2D eigenvalue weighted by atomic mass is 35.5. The van der Waals surface area contributed by atoms with Gasteiger partial charge in [0.15, 0.2) is 0 Å². The number of ether oxygens (including phenoxy) is 1. The molecule has 112 valence electrons. The van der Waals surface area contributed by atoms with Crippen molar-refractivity contribution in [1.29, 1.82) is 0 Å². The molecular weight excluding hydrogens is 282 g/mol. The Balaban J connectivity index is 2.02. The van der Waals surface area contributed by atoms with Crippen LogP contribution < -0.4 is 10.1 Å². The molecule has 0 saturated heterocycles. The van der Waals surface area contributed by atoms with Gasteiger partial charge in [-0.05, 0) is 54.8 Å². The van der Waals surface area contributed by atoms with Crippen LogP contribution in [0.15, 0.2) is 42.5 Å². The fraction of sp³-hybridized carbons (Fsp3) is 0.333. The summed E-state index contributed by atoms with van der Waals surface area (Å²) in [5.74, 6) is 0.885. The van der Waals surface area contributed by atoms with Gasteiger partial charge in [0.05, 0.1) is 0 Å². The monoisotopic (exact) mass is 303 g/mol. The van der Waals surface area contributed by atoms with Crippen molar-refractivity contribution in [3.63, 3.8) is 0 Å². The van der Waals surface area contributed by atoms with Crippen molar-refractivity contribution in [1.82, 2.24) is 5.32 Å². The normalized spacial score (nSPS) is 10.6. The summed E-state index contributed by atoms with van der Waals surface area (Å²) in [5, 5.41) is 4.18. The predicted octanol–water partition coefficient (Wildman–Crippen LogP) is 4.73. The average Bonchev–Trinajstić information content (AvgIpc) is 2.48. The van der Waals surface area contributed by atoms with Crippen LogP contribution in [0.25, 0.3) is 0 Å². The summed E-state index contributed by atoms with van der Waals surface area (Å²) in [6.45, 7) is 6.67. The second-order valence-corrected chi connectivity index (χ2v) is 5.58. The van der Waals surface area contributed by atoms with Crippen molar-refractivity contribution in [2.45, 2.75) is 33.4 Å². The third-order valence-corrected chi connectivity index (χ3v) is 3.62. The fourth-order valence-corrected chi connectivity index (χ4v) is 2.43. The second-order valence-electron chi connectivity index (χ2n) is 5.14. The molecule has 0 spiro atoms. The summed E-state index contributed by atoms with van der Waals surface area (Å²) < 4.78 is 5.94. The summed E-state index contributed by atoms with van der Waals surface area (Å²) >= 11 is 5.97. The van der Waals surface area contributed by atoms with Crippen molar-refractivity contribution in [3.8, 4) is 5.75 Å². The SMILES string of the molecule is CCCNCc1ccccc1COc1ccc(Cl)cc1C. The van der Waals surface area contributed by atoms with Gasteiger partial charge >= 0.3 is 0 Å². The van der Waals surface area contributed by atoms with E-state index in [0.717, 1.165) is 35.8 Å². The summed E-state index contributed by atoms with van der Waals surface area (Å²) in [6.07, 6.45) is 1.14. The summed E-state index contributed by atoms with van der Waals surface area (Å²) in [6, 6.07) is 14.1. The minimum absolute atomic E-state index is 0.576. The Morgan fingerprint density at radius 3 is 2.57 bits per heavy atom. The van der Waals surface area contributed by atoms with E-state index in [9.17, 15) is 0 Å². The van der Waals surface area contributed by atoms with E-state index in [4.69, 9.17) is 16.3 Å². The van der Waals surface area contributed by atoms with Crippen molar-refractivity contribution in [2.75, 3.05) is 6.54 Å². The molecular formula is C18H22ClNO. The highest BCUT2D eigenvalue weighted by Crippen LogP contribution is 2.23. The van der Waals surface area contributed by atoms with E-state index < -0.39 is 0 Å². The molecule has 0 aliphatic carbocycles. The Kier molecular flexibility index (Phi) is 6.09. The lowest BCUT2D eigenvalue weighted by atomic mass is 10.1. The van der Waals surface area contributed by atoms with Gasteiger partial charge in [-0.1, -0.05) is 42.8 Å². The zero-order chi connectivity index (χ0) is 15.1. The first-order chi connectivity index (χ1) is 10.2. The lowest BCUT2D eigenvalue weighted by Gasteiger charge is -2.13. The maximum absolute atomic E-state index is 5.97. The number of halogens is 1. The molecule has 1 N–H and O–H groups in total. The molecule has 2 rings (SSSR count). The molecule has 2 aromatic carbocycles. The van der Waals surface area contributed by atoms with Crippen molar-refractivity contribution >= 4 is 11.6 Å². The van der Waals surface area contributed by atoms with Crippen LogP contribution in [0.3, 0.4) is 0 Å². The minimum Gasteiger partial charge on any atom is -0.489 e. The number of hydrogen-bond acceptors (Lipinski definition) is 2. The van der Waals surface area contributed by atoms with Crippen LogP contribution in [-0.2, 0) is 13.2 Å². The molecule has 0 radical (unpaired) electrons. The van der Waals surface area contributed by atoms with Crippen LogP contribution in [0.2, 0.25) is 5.02 Å². The molecule has 21 heavy (non-hydrogen) atoms. The van der Waals surface area contributed by atoms with Gasteiger partial charge in [0.2, 0.25) is 0 Å². The molecule has 3 heteroatoms. The number of rotatable bonds is 7. The molecule has 0 heterocycles. The van der Waals surface area contributed by atoms with Gasteiger partial charge in [0.1, 0.15) is 12.4 Å². The smallest absolute Gasteiger partial charge is 0.122 e. The Morgan fingerprint density at radius 1 is 1.10 bits per heavy atom. The van der Waals surface area contributed by atoms with E-state index in [1.165, 1.54) is 11.1 Å². The average molecular weight is 304 g/mol. The Bertz CT molecular complexity index is 583. The van der Waals surface area contributed by atoms with Gasteiger partial charge in [0.25, 0.3) is 0 Å². The standard InChI is InChI=1S/C18H22ClNO/c1-3-10-20-12-15-6-4-5-7-16(15)13-21-18-9-8-17(19)11-14(18)2/h4-9,11,20H,3,10,12-13H2,1-2H3. The number of aryl methyl sites for hydroxylation is 1. The van der Waals surface area contributed by atoms with E-state index in [0.29, 0.717) is 6.61 Å². The van der Waals surface area contributed by atoms with Crippen LogP contribution >= 0.6 is 11.6 Å². The van der Waals surface area contributed by atoms with E-state index in [1.807, 2.05) is 25.1 Å². The predicted molar refractivity (Wildman–Crippen MR) is 89.0 cm³/mol. The highest BCUT2D eigenvalue weighted by molar-refractivity contribution is 6.30. The highest BCUT2D eigenvalue weighted by Gasteiger charge is 2.04. The molecule has 0 aliphatic rings. The lowest BCUT2D eigenvalue weighted by molar-refractivity contribution is 0.302. The van der Waals surface area contributed by atoms with E-state index in [2.05, 4.69) is 36.5 Å². The number of nitrogens with one attached hydrogen (secondary N) is 1. The molecule has 2 aromatic rings. The minimum atomic E-state index is 0.576. The van der Waals surface area contributed by atoms with Crippen molar-refractivity contribution < 1.29 is 4.74 Å². The molecule has 2 nitrogen and oxygen atoms in total. The summed E-state index contributed by atoms with van der Waals surface area (Å²) in [4.78, 5) is 0. The van der Waals surface area contributed by atoms with Crippen molar-refractivity contribution in [3.05, 3.63) is 64.2 Å². The first kappa shape index (κ1) is 15.9. The molecule has 0 amide bonds. The van der Waals surface area contributed by atoms with Gasteiger partial charge in [-0.2, -0.15) is 0 Å². The largest absolute Gasteiger partial charge is 0.489 e. The first-order valence-electron chi connectivity index (χ1n) is 7.37. The van der Waals surface area contributed by atoms with Crippen LogP contribution in [0.5, 0.6) is 5.75 Å². The summed E-state index contributed by atoms with van der Waals surface area (Å²) in [7, 11) is 0. The van der Waals surface area contributed by atoms with Gasteiger partial charge in [-0.15, -0.1) is 0 Å². The molecule has 0 aromatic heterocycles. The first-order valence-corrected chi connectivity index (χ1v) is 7.75. The second kappa shape index (κ2) is 8.06. The van der Waals surface area contributed by atoms with E-state index in [-0.39, 0.29) is 0 Å². The molecule has 0 unspecified atom stereocenters. The van der Waals surface area contributed by atoms with E-state index >= 15 is 0 Å². The molecule has 0 aliphatic heterocycles. The lowest BCUT2D eigenvalue weighted by Crippen LogP contribution is -2.15. The van der Waals surface area contributed by atoms with Crippen molar-refractivity contribution in [2.24, 2.45) is 0 Å². The van der Waals surface area contributed by atoms with Gasteiger partial charge in [-0.3, -0.25) is 0 Å². The Hall–Kier alpha value is -1.51. The Labute approximate surface area is 132 Å². The summed E-state index contributed by atoms with van der Waals surface area (Å²) in [5.41, 5.74) is 3.57. The van der Waals surface area contributed by atoms with Crippen LogP contribution in [0, 0.1) is 6.92 Å². The van der Waals surface area contributed by atoms with Gasteiger partial charge in [-0.25, -0.2) is 0 Å². The van der Waals surface area contributed by atoms with Gasteiger partial charge in [0, 0.05) is 11.6 Å². The van der Waals surface area contributed by atoms with Crippen LogP contribution in [0.1, 0.15) is 30.0 Å². The van der Waals surface area contributed by atoms with Crippen LogP contribution in [0.4, 0.5) is 0 Å². The number of benzene rings is 2. The van der Waals surface area contributed by atoms with Gasteiger partial charge < -0.3 is 10.1 Å². The molecule has 0 saturated carbocycles. The zero-order valence-corrected chi connectivity index (χ0v) is 13.4. The fourth-order valence-electron chi connectivity index (χ4n) is 2.20. The molecule has 0 atom stereocenters. The number of hydrogen-bond donors (Lipinski definition) is 1. The third-order valence-electron chi connectivity index (χ3n) is 3.38. The van der Waals surface area contributed by atoms with E-state index in [1.54, 1.807) is 0 Å². The maximum atomic E-state index is 5.97. The van der Waals surface area contributed by atoms with Crippen LogP contribution in [-0.4, -0.2) is 6.54 Å². The zero-order valence-electron chi connectivity index (χ0n) is 12.7.